The Balaban J connectivity index is 1.58. The van der Waals surface area contributed by atoms with Gasteiger partial charge in [0, 0.05) is 18.2 Å². The Hall–Kier alpha value is -3.98. The molecule has 0 atom stereocenters. The summed E-state index contributed by atoms with van der Waals surface area (Å²) in [5.41, 5.74) is -0.0884. The van der Waals surface area contributed by atoms with Crippen molar-refractivity contribution >= 4 is 11.6 Å². The second kappa shape index (κ2) is 9.29. The van der Waals surface area contributed by atoms with Crippen LogP contribution in [-0.4, -0.2) is 39.2 Å². The number of benzene rings is 2. The first-order chi connectivity index (χ1) is 14.0. The molecule has 1 amide bonds. The van der Waals surface area contributed by atoms with Gasteiger partial charge in [-0.05, 0) is 30.3 Å². The Morgan fingerprint density at radius 2 is 1.72 bits per heavy atom. The van der Waals surface area contributed by atoms with Gasteiger partial charge in [-0.1, -0.05) is 24.3 Å². The molecule has 0 aliphatic rings. The molecule has 0 spiro atoms. The van der Waals surface area contributed by atoms with E-state index < -0.39 is 10.8 Å². The van der Waals surface area contributed by atoms with Crippen molar-refractivity contribution in [1.82, 2.24) is 10.0 Å². The molecule has 0 saturated heterocycles. The number of non-ortho nitro benzene ring substituents is 1. The van der Waals surface area contributed by atoms with Crippen LogP contribution in [0.3, 0.4) is 0 Å². The lowest BCUT2D eigenvalue weighted by atomic mass is 10.3. The summed E-state index contributed by atoms with van der Waals surface area (Å²) in [6.07, 6.45) is 0. The van der Waals surface area contributed by atoms with E-state index in [9.17, 15) is 20.1 Å². The van der Waals surface area contributed by atoms with Crippen LogP contribution in [0.5, 0.6) is 17.4 Å². The minimum atomic E-state index is -0.712. The zero-order chi connectivity index (χ0) is 20.6. The van der Waals surface area contributed by atoms with Crippen molar-refractivity contribution in [1.29, 1.82) is 0 Å². The number of hydroxylamine groups is 2. The minimum absolute atomic E-state index is 0.0216. The zero-order valence-corrected chi connectivity index (χ0v) is 15.2. The van der Waals surface area contributed by atoms with Crippen LogP contribution in [0, 0.1) is 10.1 Å². The van der Waals surface area contributed by atoms with E-state index in [1.807, 2.05) is 18.2 Å². The second-order valence-electron chi connectivity index (χ2n) is 5.80. The molecule has 3 rings (SSSR count). The molecule has 2 aromatic carbocycles. The van der Waals surface area contributed by atoms with Gasteiger partial charge >= 0.3 is 0 Å². The summed E-state index contributed by atoms with van der Waals surface area (Å²) in [5, 5.41) is 21.2. The summed E-state index contributed by atoms with van der Waals surface area (Å²) in [5.74, 6) is 0.351. The Bertz CT molecular complexity index is 979. The predicted octanol–water partition coefficient (Wildman–Crippen LogP) is 3.69. The number of carbonyl (C=O) groups excluding carboxylic acids is 1. The molecular weight excluding hydrogens is 378 g/mol. The number of nitro benzene ring substituents is 1. The molecule has 148 valence electrons. The summed E-state index contributed by atoms with van der Waals surface area (Å²) in [7, 11) is 0. The molecule has 9 heteroatoms. The molecule has 29 heavy (non-hydrogen) atoms. The number of hydrogen-bond acceptors (Lipinski definition) is 7. The molecule has 0 fully saturated rings. The third-order valence-corrected chi connectivity index (χ3v) is 3.76. The molecule has 0 bridgehead atoms. The number of hydrogen-bond donors (Lipinski definition) is 1. The van der Waals surface area contributed by atoms with Crippen LogP contribution in [0.25, 0.3) is 0 Å². The molecular formula is C20H17N3O6. The fourth-order valence-electron chi connectivity index (χ4n) is 2.35. The Labute approximate surface area is 165 Å². The first kappa shape index (κ1) is 19.8. The standard InChI is InChI=1S/C20H17N3O6/c24-20(22(25)13-14-28-16-5-2-1-3-6-16)18-7-4-8-19(21-18)29-17-11-9-15(10-12-17)23(26)27/h1-12,25H,13-14H2. The van der Waals surface area contributed by atoms with Gasteiger partial charge in [-0.15, -0.1) is 0 Å². The van der Waals surface area contributed by atoms with Crippen LogP contribution < -0.4 is 9.47 Å². The molecule has 3 aromatic rings. The van der Waals surface area contributed by atoms with Gasteiger partial charge in [-0.3, -0.25) is 20.1 Å². The van der Waals surface area contributed by atoms with Crippen LogP contribution >= 0.6 is 0 Å². The molecule has 1 heterocycles. The van der Waals surface area contributed by atoms with E-state index in [-0.39, 0.29) is 30.4 Å². The first-order valence-electron chi connectivity index (χ1n) is 8.61. The summed E-state index contributed by atoms with van der Waals surface area (Å²) in [6.45, 7) is 0.0497. The van der Waals surface area contributed by atoms with Gasteiger partial charge in [0.1, 0.15) is 23.8 Å². The predicted molar refractivity (Wildman–Crippen MR) is 102 cm³/mol. The van der Waals surface area contributed by atoms with Gasteiger partial charge in [0.05, 0.1) is 11.5 Å². The van der Waals surface area contributed by atoms with E-state index in [1.165, 1.54) is 36.4 Å². The highest BCUT2D eigenvalue weighted by Gasteiger charge is 2.16. The van der Waals surface area contributed by atoms with Crippen LogP contribution in [0.4, 0.5) is 5.69 Å². The highest BCUT2D eigenvalue weighted by atomic mass is 16.6. The third kappa shape index (κ3) is 5.50. The lowest BCUT2D eigenvalue weighted by Gasteiger charge is -2.15. The maximum atomic E-state index is 12.3. The Morgan fingerprint density at radius 1 is 1.00 bits per heavy atom. The smallest absolute Gasteiger partial charge is 0.296 e. The number of pyridine rings is 1. The van der Waals surface area contributed by atoms with Crippen LogP contribution in [-0.2, 0) is 0 Å². The molecule has 0 aliphatic carbocycles. The van der Waals surface area contributed by atoms with E-state index >= 15 is 0 Å². The van der Waals surface area contributed by atoms with E-state index in [0.29, 0.717) is 16.6 Å². The van der Waals surface area contributed by atoms with Crippen molar-refractivity contribution in [3.8, 4) is 17.4 Å². The van der Waals surface area contributed by atoms with Crippen LogP contribution in [0.15, 0.2) is 72.8 Å². The van der Waals surface area contributed by atoms with Crippen molar-refractivity contribution in [2.75, 3.05) is 13.2 Å². The van der Waals surface area contributed by atoms with Crippen LogP contribution in [0.1, 0.15) is 10.5 Å². The number of amides is 1. The van der Waals surface area contributed by atoms with E-state index in [0.717, 1.165) is 0 Å². The topological polar surface area (TPSA) is 115 Å². The van der Waals surface area contributed by atoms with Gasteiger partial charge in [0.15, 0.2) is 0 Å². The van der Waals surface area contributed by atoms with E-state index in [2.05, 4.69) is 4.98 Å². The maximum Gasteiger partial charge on any atom is 0.296 e. The van der Waals surface area contributed by atoms with Gasteiger partial charge in [-0.2, -0.15) is 0 Å². The lowest BCUT2D eigenvalue weighted by molar-refractivity contribution is -0.384. The van der Waals surface area contributed by atoms with Gasteiger partial charge < -0.3 is 9.47 Å². The Morgan fingerprint density at radius 3 is 2.41 bits per heavy atom. The average molecular weight is 395 g/mol. The highest BCUT2D eigenvalue weighted by molar-refractivity contribution is 5.91. The summed E-state index contributed by atoms with van der Waals surface area (Å²) < 4.78 is 11.0. The van der Waals surface area contributed by atoms with Gasteiger partial charge in [-0.25, -0.2) is 10.0 Å². The number of nitrogens with zero attached hydrogens (tertiary/aromatic N) is 3. The molecule has 1 N–H and O–H groups in total. The maximum absolute atomic E-state index is 12.3. The fraction of sp³-hybridized carbons (Fsp3) is 0.100. The molecule has 0 saturated carbocycles. The van der Waals surface area contributed by atoms with Crippen molar-refractivity contribution in [2.24, 2.45) is 0 Å². The summed E-state index contributed by atoms with van der Waals surface area (Å²) in [4.78, 5) is 26.6. The van der Waals surface area contributed by atoms with Crippen molar-refractivity contribution in [3.05, 3.63) is 88.6 Å². The normalized spacial score (nSPS) is 10.2. The summed E-state index contributed by atoms with van der Waals surface area (Å²) in [6, 6.07) is 19.0. The second-order valence-corrected chi connectivity index (χ2v) is 5.80. The fourth-order valence-corrected chi connectivity index (χ4v) is 2.35. The van der Waals surface area contributed by atoms with E-state index in [1.54, 1.807) is 18.2 Å². The number of nitro groups is 1. The van der Waals surface area contributed by atoms with Gasteiger partial charge in [0.2, 0.25) is 5.88 Å². The van der Waals surface area contributed by atoms with E-state index in [4.69, 9.17) is 9.47 Å². The number of para-hydroxylation sites is 1. The van der Waals surface area contributed by atoms with Crippen LogP contribution in [0.2, 0.25) is 0 Å². The van der Waals surface area contributed by atoms with Crippen molar-refractivity contribution in [2.45, 2.75) is 0 Å². The quantitative estimate of drug-likeness (QED) is 0.351. The van der Waals surface area contributed by atoms with Crippen molar-refractivity contribution < 1.29 is 24.4 Å². The highest BCUT2D eigenvalue weighted by Crippen LogP contribution is 2.22. The molecule has 1 aromatic heterocycles. The Kier molecular flexibility index (Phi) is 6.33. The largest absolute Gasteiger partial charge is 0.492 e. The number of rotatable bonds is 8. The molecule has 0 radical (unpaired) electrons. The SMILES string of the molecule is O=C(c1cccc(Oc2ccc([N+](=O)[O-])cc2)n1)N(O)CCOc1ccccc1. The zero-order valence-electron chi connectivity index (χ0n) is 15.2. The molecule has 0 unspecified atom stereocenters. The number of aromatic nitrogens is 1. The minimum Gasteiger partial charge on any atom is -0.492 e. The monoisotopic (exact) mass is 395 g/mol. The number of carbonyl (C=O) groups is 1. The summed E-state index contributed by atoms with van der Waals surface area (Å²) >= 11 is 0. The number of ether oxygens (including phenoxy) is 2. The first-order valence-corrected chi connectivity index (χ1v) is 8.61. The lowest BCUT2D eigenvalue weighted by Crippen LogP contribution is -2.32. The molecule has 9 nitrogen and oxygen atoms in total. The third-order valence-electron chi connectivity index (χ3n) is 3.76. The van der Waals surface area contributed by atoms with Crippen molar-refractivity contribution in [3.63, 3.8) is 0 Å². The average Bonchev–Trinajstić information content (AvgIpc) is 2.74. The molecule has 0 aliphatic heterocycles. The van der Waals surface area contributed by atoms with Gasteiger partial charge in [0.25, 0.3) is 11.6 Å².